The summed E-state index contributed by atoms with van der Waals surface area (Å²) in [6, 6.07) is 6.43. The van der Waals surface area contributed by atoms with Gasteiger partial charge < -0.3 is 5.73 Å². The number of hydrogen-bond donors (Lipinski definition) is 1. The summed E-state index contributed by atoms with van der Waals surface area (Å²) in [4.78, 5) is 19.6. The van der Waals surface area contributed by atoms with Crippen LogP contribution >= 0.6 is 0 Å². The monoisotopic (exact) mass is 577 g/mol. The molecule has 0 saturated heterocycles. The van der Waals surface area contributed by atoms with E-state index in [0.29, 0.717) is 15.5 Å². The van der Waals surface area contributed by atoms with Crippen LogP contribution in [0.25, 0.3) is 11.3 Å². The molecule has 0 bridgehead atoms. The normalized spacial score (nSPS) is 14.5. The molecular weight excluding hydrogens is 557 g/mol. The lowest BCUT2D eigenvalue weighted by molar-refractivity contribution is -0.145. The van der Waals surface area contributed by atoms with Gasteiger partial charge in [0.15, 0.2) is 0 Å². The van der Waals surface area contributed by atoms with Crippen LogP contribution in [0.4, 0.5) is 22.0 Å². The quantitative estimate of drug-likeness (QED) is 0.196. The van der Waals surface area contributed by atoms with Crippen LogP contribution in [-0.4, -0.2) is 38.2 Å². The van der Waals surface area contributed by atoms with E-state index in [1.54, 1.807) is 0 Å². The molecule has 1 aliphatic rings. The van der Waals surface area contributed by atoms with Gasteiger partial charge in [0.2, 0.25) is 5.82 Å². The molecule has 3 aromatic heterocycles. The van der Waals surface area contributed by atoms with E-state index in [-0.39, 0.29) is 45.8 Å². The van der Waals surface area contributed by atoms with Crippen molar-refractivity contribution in [2.45, 2.75) is 43.3 Å². The maximum Gasteiger partial charge on any atom is 0.451 e. The molecule has 0 spiro atoms. The highest BCUT2D eigenvalue weighted by Gasteiger charge is 2.34. The lowest BCUT2D eigenvalue weighted by Crippen LogP contribution is -2.24. The maximum atomic E-state index is 14.6. The molecule has 0 aliphatic heterocycles. The molecule has 15 heteroatoms. The van der Waals surface area contributed by atoms with E-state index in [4.69, 9.17) is 5.73 Å². The molecule has 3 heterocycles. The average Bonchev–Trinajstić information content (AvgIpc) is 3.72. The highest BCUT2D eigenvalue weighted by atomic mass is 32.2. The van der Waals surface area contributed by atoms with Crippen molar-refractivity contribution in [1.82, 2.24) is 23.9 Å². The van der Waals surface area contributed by atoms with E-state index >= 15 is 0 Å². The van der Waals surface area contributed by atoms with Gasteiger partial charge in [-0.15, -0.1) is 0 Å². The highest BCUT2D eigenvalue weighted by molar-refractivity contribution is 7.90. The molecule has 1 aromatic carbocycles. The van der Waals surface area contributed by atoms with Gasteiger partial charge in [0.1, 0.15) is 29.0 Å². The molecule has 0 atom stereocenters. The number of nitrogens with zero attached hydrogens (tertiary/aromatic N) is 6. The molecule has 2 N–H and O–H groups in total. The first-order valence-electron chi connectivity index (χ1n) is 11.8. The summed E-state index contributed by atoms with van der Waals surface area (Å²) in [7, 11) is -4.36. The minimum Gasteiger partial charge on any atom is -0.382 e. The van der Waals surface area contributed by atoms with Gasteiger partial charge in [0.05, 0.1) is 28.5 Å². The first-order valence-corrected chi connectivity index (χ1v) is 13.3. The van der Waals surface area contributed by atoms with Gasteiger partial charge in [-0.2, -0.15) is 13.2 Å². The van der Waals surface area contributed by atoms with Crippen molar-refractivity contribution in [2.24, 2.45) is 10.7 Å². The Balaban J connectivity index is 1.49. The maximum absolute atomic E-state index is 14.6. The van der Waals surface area contributed by atoms with Crippen molar-refractivity contribution < 1.29 is 30.4 Å². The molecule has 9 nitrogen and oxygen atoms in total. The zero-order valence-corrected chi connectivity index (χ0v) is 21.5. The third-order valence-electron chi connectivity index (χ3n) is 6.10. The second-order valence-corrected chi connectivity index (χ2v) is 10.8. The molecule has 1 saturated carbocycles. The lowest BCUT2D eigenvalue weighted by atomic mass is 10.2. The van der Waals surface area contributed by atoms with Gasteiger partial charge in [-0.05, 0) is 50.1 Å². The predicted octanol–water partition coefficient (Wildman–Crippen LogP) is 4.36. The van der Waals surface area contributed by atoms with Gasteiger partial charge >= 0.3 is 6.18 Å². The molecule has 208 valence electrons. The van der Waals surface area contributed by atoms with Crippen LogP contribution in [0.1, 0.15) is 47.5 Å². The molecule has 1 fully saturated rings. The molecule has 0 unspecified atom stereocenters. The molecule has 0 radical (unpaired) electrons. The second-order valence-electron chi connectivity index (χ2n) is 9.06. The smallest absolute Gasteiger partial charge is 0.382 e. The first-order chi connectivity index (χ1) is 18.8. The van der Waals surface area contributed by atoms with Gasteiger partial charge in [-0.25, -0.2) is 41.1 Å². The van der Waals surface area contributed by atoms with Gasteiger partial charge in [0, 0.05) is 29.9 Å². The number of halogens is 5. The Labute approximate surface area is 224 Å². The first kappa shape index (κ1) is 27.3. The van der Waals surface area contributed by atoms with E-state index in [1.807, 2.05) is 0 Å². The zero-order valence-electron chi connectivity index (χ0n) is 20.7. The number of alkyl halides is 3. The number of amidine groups is 1. The van der Waals surface area contributed by atoms with E-state index in [9.17, 15) is 30.4 Å². The van der Waals surface area contributed by atoms with Crippen LogP contribution in [0.15, 0.2) is 58.7 Å². The minimum absolute atomic E-state index is 0.0743. The predicted molar refractivity (Wildman–Crippen MR) is 133 cm³/mol. The largest absolute Gasteiger partial charge is 0.451 e. The molecular formula is C25H20F5N7O2S. The molecule has 5 rings (SSSR count). The summed E-state index contributed by atoms with van der Waals surface area (Å²) < 4.78 is 93.7. The average molecular weight is 578 g/mol. The number of nitrogens with two attached hydrogens (primary N) is 1. The number of rotatable bonds is 7. The van der Waals surface area contributed by atoms with E-state index in [1.165, 1.54) is 13.0 Å². The fraction of sp³-hybridized carbons (Fsp3) is 0.240. The molecule has 4 aromatic rings. The summed E-state index contributed by atoms with van der Waals surface area (Å²) in [5.74, 6) is -2.56. The van der Waals surface area contributed by atoms with Crippen molar-refractivity contribution in [3.05, 3.63) is 89.2 Å². The third-order valence-corrected chi connectivity index (χ3v) is 7.92. The van der Waals surface area contributed by atoms with Crippen LogP contribution in [0.2, 0.25) is 0 Å². The zero-order chi connectivity index (χ0) is 28.8. The van der Waals surface area contributed by atoms with Gasteiger partial charge in [-0.3, -0.25) is 4.99 Å². The minimum atomic E-state index is -4.69. The number of aromatic nitrogens is 5. The van der Waals surface area contributed by atoms with Crippen molar-refractivity contribution in [3.63, 3.8) is 0 Å². The Morgan fingerprint density at radius 3 is 2.33 bits per heavy atom. The fourth-order valence-corrected chi connectivity index (χ4v) is 5.43. The highest BCUT2D eigenvalue weighted by Crippen LogP contribution is 2.39. The molecule has 1 aliphatic carbocycles. The number of hydrogen-bond acceptors (Lipinski definition) is 7. The Hall–Kier alpha value is -4.27. The van der Waals surface area contributed by atoms with Crippen LogP contribution < -0.4 is 5.73 Å². The van der Waals surface area contributed by atoms with Crippen LogP contribution in [-0.2, 0) is 22.7 Å². The standard InChI is InChI=1S/C25H20F5N7O2S/c1-13-19(27)9-21(37(13)40(38,39)18-6-4-16(26)5-7-18)22(31)32-12-17-8-20(36-23(35-17)14-2-3-14)15-10-33-24(34-11-15)25(28,29)30/h4-11,14H,2-3,12H2,1H3,(H2,31,32). The summed E-state index contributed by atoms with van der Waals surface area (Å²) in [5.41, 5.74) is 6.46. The van der Waals surface area contributed by atoms with Crippen molar-refractivity contribution in [3.8, 4) is 11.3 Å². The fourth-order valence-electron chi connectivity index (χ4n) is 3.89. The Bertz CT molecular complexity index is 1710. The van der Waals surface area contributed by atoms with E-state index < -0.39 is 33.7 Å². The van der Waals surface area contributed by atoms with Crippen molar-refractivity contribution >= 4 is 15.9 Å². The molecule has 0 amide bonds. The van der Waals surface area contributed by atoms with Crippen molar-refractivity contribution in [1.29, 1.82) is 0 Å². The topological polar surface area (TPSA) is 129 Å². The summed E-state index contributed by atoms with van der Waals surface area (Å²) in [5, 5.41) is 0. The Morgan fingerprint density at radius 2 is 1.73 bits per heavy atom. The molecule has 40 heavy (non-hydrogen) atoms. The van der Waals surface area contributed by atoms with Gasteiger partial charge in [0.25, 0.3) is 10.0 Å². The van der Waals surface area contributed by atoms with Crippen LogP contribution in [0.5, 0.6) is 0 Å². The Kier molecular flexibility index (Phi) is 6.85. The summed E-state index contributed by atoms with van der Waals surface area (Å²) in [6.45, 7) is 1.07. The summed E-state index contributed by atoms with van der Waals surface area (Å²) in [6.07, 6.45) is -0.999. The SMILES string of the molecule is Cc1c(F)cc(C(N)=NCc2cc(-c3cnc(C(F)(F)F)nc3)nc(C3CC3)n2)n1S(=O)(=O)c1ccc(F)cc1. The second kappa shape index (κ2) is 10.0. The van der Waals surface area contributed by atoms with Crippen molar-refractivity contribution in [2.75, 3.05) is 0 Å². The lowest BCUT2D eigenvalue weighted by Gasteiger charge is -2.12. The number of benzene rings is 1. The third kappa shape index (κ3) is 5.41. The van der Waals surface area contributed by atoms with E-state index in [0.717, 1.165) is 55.6 Å². The van der Waals surface area contributed by atoms with E-state index in [2.05, 4.69) is 24.9 Å². The summed E-state index contributed by atoms with van der Waals surface area (Å²) >= 11 is 0. The van der Waals surface area contributed by atoms with Crippen LogP contribution in [0.3, 0.4) is 0 Å². The van der Waals surface area contributed by atoms with Crippen LogP contribution in [0, 0.1) is 18.6 Å². The Morgan fingerprint density at radius 1 is 1.07 bits per heavy atom. The number of aliphatic imine (C=N–C) groups is 1. The van der Waals surface area contributed by atoms with Gasteiger partial charge in [-0.1, -0.05) is 0 Å².